The largest absolute Gasteiger partial charge is 0.379 e. The third kappa shape index (κ3) is 14.3. The highest BCUT2D eigenvalue weighted by Crippen LogP contribution is 1.89. The minimum atomic E-state index is -0.376. The van der Waals surface area contributed by atoms with Gasteiger partial charge in [-0.05, 0) is 11.6 Å². The topological polar surface area (TPSA) is 44.8 Å². The second-order valence-electron chi connectivity index (χ2n) is 2.63. The van der Waals surface area contributed by atoms with Crippen molar-refractivity contribution in [3.63, 3.8) is 0 Å². The Labute approximate surface area is 103 Å². The first-order chi connectivity index (χ1) is 7.27. The summed E-state index contributed by atoms with van der Waals surface area (Å²) in [6, 6.07) is 0. The average Bonchev–Trinajstić information content (AvgIpc) is 2.20. The zero-order valence-corrected chi connectivity index (χ0v) is 10.9. The Morgan fingerprint density at radius 2 is 1.40 bits per heavy atom. The van der Waals surface area contributed by atoms with Gasteiger partial charge in [0.25, 0.3) is 0 Å². The van der Waals surface area contributed by atoms with Crippen molar-refractivity contribution >= 4 is 32.8 Å². The van der Waals surface area contributed by atoms with Gasteiger partial charge in [-0.2, -0.15) is 0 Å². The van der Waals surface area contributed by atoms with Gasteiger partial charge in [0, 0.05) is 11.8 Å². The van der Waals surface area contributed by atoms with E-state index in [1.165, 1.54) is 0 Å². The van der Waals surface area contributed by atoms with Crippen LogP contribution < -0.4 is 0 Å². The molecule has 0 radical (unpaired) electrons. The van der Waals surface area contributed by atoms with Crippen LogP contribution in [0.1, 0.15) is 6.42 Å². The van der Waals surface area contributed by atoms with E-state index in [4.69, 9.17) is 25.8 Å². The minimum absolute atomic E-state index is 0.246. The maximum atomic E-state index is 10.3. The van der Waals surface area contributed by atoms with Crippen molar-refractivity contribution in [1.82, 2.24) is 0 Å². The Kier molecular flexibility index (Phi) is 12.7. The molecular weight excluding hydrogens is 287 g/mol. The second-order valence-corrected chi connectivity index (χ2v) is 3.85. The van der Waals surface area contributed by atoms with Gasteiger partial charge in [0.2, 0.25) is 5.24 Å². The molecule has 0 saturated carbocycles. The zero-order chi connectivity index (χ0) is 11.4. The van der Waals surface area contributed by atoms with Crippen molar-refractivity contribution in [2.75, 3.05) is 45.0 Å². The first-order valence-electron chi connectivity index (χ1n) is 4.75. The third-order valence-corrected chi connectivity index (χ3v) is 1.92. The van der Waals surface area contributed by atoms with Crippen molar-refractivity contribution in [2.45, 2.75) is 6.42 Å². The van der Waals surface area contributed by atoms with Crippen LogP contribution in [0.5, 0.6) is 0 Å². The van der Waals surface area contributed by atoms with E-state index in [0.29, 0.717) is 39.6 Å². The van der Waals surface area contributed by atoms with E-state index in [1.54, 1.807) is 0 Å². The molecule has 6 heteroatoms. The fourth-order valence-electron chi connectivity index (χ4n) is 0.749. The van der Waals surface area contributed by atoms with Crippen LogP contribution in [-0.2, 0) is 19.0 Å². The van der Waals surface area contributed by atoms with Crippen LogP contribution in [0, 0.1) is 0 Å². The Balaban J connectivity index is 2.89. The van der Waals surface area contributed by atoms with Gasteiger partial charge in [-0.3, -0.25) is 4.79 Å². The predicted molar refractivity (Wildman–Crippen MR) is 61.7 cm³/mol. The summed E-state index contributed by atoms with van der Waals surface area (Å²) in [6.45, 7) is 3.18. The van der Waals surface area contributed by atoms with Crippen molar-refractivity contribution < 1.29 is 19.0 Å². The van der Waals surface area contributed by atoms with Gasteiger partial charge >= 0.3 is 0 Å². The fraction of sp³-hybridized carbons (Fsp3) is 0.889. The molecule has 0 amide bonds. The molecule has 0 bridgehead atoms. The molecule has 0 rings (SSSR count). The molecule has 15 heavy (non-hydrogen) atoms. The van der Waals surface area contributed by atoms with E-state index in [0.717, 1.165) is 5.33 Å². The number of alkyl halides is 1. The number of carbonyl (C=O) groups excluding carboxylic acids is 1. The van der Waals surface area contributed by atoms with Gasteiger partial charge in [-0.25, -0.2) is 0 Å². The molecule has 0 aromatic rings. The average molecular weight is 304 g/mol. The Morgan fingerprint density at radius 1 is 0.933 bits per heavy atom. The van der Waals surface area contributed by atoms with Gasteiger partial charge in [0.05, 0.1) is 39.6 Å². The summed E-state index contributed by atoms with van der Waals surface area (Å²) in [7, 11) is 0. The number of hydrogen-bond donors (Lipinski definition) is 0. The van der Waals surface area contributed by atoms with Crippen LogP contribution in [0.15, 0.2) is 0 Å². The predicted octanol–water partition coefficient (Wildman–Crippen LogP) is 1.59. The van der Waals surface area contributed by atoms with Crippen LogP contribution in [0.25, 0.3) is 0 Å². The van der Waals surface area contributed by atoms with Gasteiger partial charge in [0.1, 0.15) is 0 Å². The van der Waals surface area contributed by atoms with Crippen molar-refractivity contribution in [1.29, 1.82) is 0 Å². The molecule has 0 atom stereocenters. The van der Waals surface area contributed by atoms with Gasteiger partial charge in [-0.1, -0.05) is 15.9 Å². The van der Waals surface area contributed by atoms with Crippen LogP contribution in [0.2, 0.25) is 0 Å². The first-order valence-corrected chi connectivity index (χ1v) is 6.25. The molecule has 0 aliphatic rings. The van der Waals surface area contributed by atoms with Crippen molar-refractivity contribution in [2.24, 2.45) is 0 Å². The van der Waals surface area contributed by atoms with Crippen LogP contribution >= 0.6 is 27.5 Å². The van der Waals surface area contributed by atoms with E-state index in [-0.39, 0.29) is 11.7 Å². The van der Waals surface area contributed by atoms with Crippen LogP contribution in [-0.4, -0.2) is 50.2 Å². The number of carbonyl (C=O) groups is 1. The number of rotatable bonds is 11. The summed E-state index contributed by atoms with van der Waals surface area (Å²) in [6.07, 6.45) is 0.246. The highest BCUT2D eigenvalue weighted by Gasteiger charge is 1.95. The monoisotopic (exact) mass is 302 g/mol. The Hall–Kier alpha value is 0.320. The lowest BCUT2D eigenvalue weighted by molar-refractivity contribution is -0.112. The number of ether oxygens (including phenoxy) is 3. The molecule has 0 aliphatic carbocycles. The quantitative estimate of drug-likeness (QED) is 0.330. The highest BCUT2D eigenvalue weighted by atomic mass is 79.9. The highest BCUT2D eigenvalue weighted by molar-refractivity contribution is 9.09. The lowest BCUT2D eigenvalue weighted by atomic mass is 10.5. The van der Waals surface area contributed by atoms with Crippen LogP contribution in [0.3, 0.4) is 0 Å². The molecule has 0 unspecified atom stereocenters. The van der Waals surface area contributed by atoms with E-state index in [9.17, 15) is 4.79 Å². The normalized spacial score (nSPS) is 10.5. The molecule has 0 spiro atoms. The first kappa shape index (κ1) is 15.3. The van der Waals surface area contributed by atoms with E-state index in [2.05, 4.69) is 15.9 Å². The molecule has 90 valence electrons. The minimum Gasteiger partial charge on any atom is -0.379 e. The van der Waals surface area contributed by atoms with Crippen molar-refractivity contribution in [3.05, 3.63) is 0 Å². The zero-order valence-electron chi connectivity index (χ0n) is 8.55. The summed E-state index contributed by atoms with van der Waals surface area (Å²) in [4.78, 5) is 10.3. The van der Waals surface area contributed by atoms with Gasteiger partial charge < -0.3 is 14.2 Å². The summed E-state index contributed by atoms with van der Waals surface area (Å²) in [5.74, 6) is 0. The molecular formula is C9H16BrClO4. The van der Waals surface area contributed by atoms with Gasteiger partial charge in [0.15, 0.2) is 0 Å². The molecule has 0 N–H and O–H groups in total. The van der Waals surface area contributed by atoms with E-state index >= 15 is 0 Å². The Morgan fingerprint density at radius 3 is 1.87 bits per heavy atom. The second kappa shape index (κ2) is 12.4. The third-order valence-electron chi connectivity index (χ3n) is 1.41. The van der Waals surface area contributed by atoms with Crippen LogP contribution in [0.4, 0.5) is 0 Å². The molecule has 0 fully saturated rings. The lowest BCUT2D eigenvalue weighted by Gasteiger charge is -2.05. The van der Waals surface area contributed by atoms with Crippen molar-refractivity contribution in [3.8, 4) is 0 Å². The number of halogens is 2. The molecule has 4 nitrogen and oxygen atoms in total. The molecule has 0 aromatic heterocycles. The standard InChI is InChI=1S/C9H16BrClO4/c10-2-4-14-6-8-15-7-5-13-3-1-9(11)12/h1-8H2. The SMILES string of the molecule is O=C(Cl)CCOCCOCCOCCBr. The molecule has 0 aromatic carbocycles. The molecule has 0 aliphatic heterocycles. The lowest BCUT2D eigenvalue weighted by Crippen LogP contribution is -2.11. The number of hydrogen-bond acceptors (Lipinski definition) is 4. The van der Waals surface area contributed by atoms with E-state index in [1.807, 2.05) is 0 Å². The fourth-order valence-corrected chi connectivity index (χ4v) is 1.05. The maximum absolute atomic E-state index is 10.3. The summed E-state index contributed by atoms with van der Waals surface area (Å²) in [5, 5.41) is 0.460. The van der Waals surface area contributed by atoms with Gasteiger partial charge in [-0.15, -0.1) is 0 Å². The van der Waals surface area contributed by atoms with E-state index < -0.39 is 0 Å². The molecule has 0 saturated heterocycles. The summed E-state index contributed by atoms with van der Waals surface area (Å²) >= 11 is 8.37. The smallest absolute Gasteiger partial charge is 0.223 e. The summed E-state index contributed by atoms with van der Waals surface area (Å²) in [5.41, 5.74) is 0. The molecule has 0 heterocycles. The Bertz CT molecular complexity index is 157. The summed E-state index contributed by atoms with van der Waals surface area (Å²) < 4.78 is 15.5. The maximum Gasteiger partial charge on any atom is 0.223 e.